The third kappa shape index (κ3) is 4.87. The molecule has 5 unspecified atom stereocenters. The lowest BCUT2D eigenvalue weighted by atomic mass is 9.84. The van der Waals surface area contributed by atoms with Gasteiger partial charge in [0.25, 0.3) is 0 Å². The van der Waals surface area contributed by atoms with Gasteiger partial charge in [0.05, 0.1) is 25.4 Å². The van der Waals surface area contributed by atoms with Crippen LogP contribution >= 0.6 is 0 Å². The molecule has 0 radical (unpaired) electrons. The lowest BCUT2D eigenvalue weighted by molar-refractivity contribution is -0.317. The van der Waals surface area contributed by atoms with Crippen molar-refractivity contribution in [2.45, 2.75) is 92.1 Å². The average molecular weight is 455 g/mol. The normalized spacial score (nSPS) is 53.6. The van der Waals surface area contributed by atoms with Gasteiger partial charge in [-0.3, -0.25) is 0 Å². The van der Waals surface area contributed by atoms with Crippen LogP contribution in [0.5, 0.6) is 0 Å². The fourth-order valence-corrected chi connectivity index (χ4v) is 4.14. The minimum Gasteiger partial charge on any atom is -0.394 e. The Labute approximate surface area is 178 Å². The van der Waals surface area contributed by atoms with Crippen LogP contribution in [0.4, 0.5) is 0 Å². The van der Waals surface area contributed by atoms with Crippen LogP contribution in [-0.2, 0) is 18.9 Å². The molecule has 182 valence electrons. The summed E-state index contributed by atoms with van der Waals surface area (Å²) in [6, 6.07) is -2.73. The van der Waals surface area contributed by atoms with Crippen LogP contribution in [0.15, 0.2) is 0 Å². The van der Waals surface area contributed by atoms with E-state index in [4.69, 9.17) is 36.1 Å². The zero-order valence-electron chi connectivity index (χ0n) is 16.7. The van der Waals surface area contributed by atoms with Crippen LogP contribution in [0.3, 0.4) is 0 Å². The molecule has 3 rings (SSSR count). The molecule has 14 atom stereocenters. The Kier molecular flexibility index (Phi) is 8.21. The summed E-state index contributed by atoms with van der Waals surface area (Å²) in [5, 5.41) is 69.7. The highest BCUT2D eigenvalue weighted by Crippen LogP contribution is 2.31. The number of ether oxygens (including phenoxy) is 4. The van der Waals surface area contributed by atoms with E-state index in [9.17, 15) is 35.7 Å². The molecule has 0 aromatic heterocycles. The van der Waals surface area contributed by atoms with E-state index in [2.05, 4.69) is 0 Å². The maximum atomic E-state index is 10.5. The molecule has 0 aromatic carbocycles. The molecule has 14 heteroatoms. The summed E-state index contributed by atoms with van der Waals surface area (Å²) >= 11 is 0. The van der Waals surface area contributed by atoms with Crippen molar-refractivity contribution in [3.05, 3.63) is 0 Å². The average Bonchev–Trinajstić information content (AvgIpc) is 3.01. The van der Waals surface area contributed by atoms with E-state index in [1.807, 2.05) is 0 Å². The van der Waals surface area contributed by atoms with Crippen LogP contribution < -0.4 is 17.2 Å². The summed E-state index contributed by atoms with van der Waals surface area (Å²) in [6.07, 6.45) is -14.5. The van der Waals surface area contributed by atoms with Gasteiger partial charge >= 0.3 is 0 Å². The Hall–Kier alpha value is -0.560. The molecule has 0 spiro atoms. The van der Waals surface area contributed by atoms with Gasteiger partial charge in [-0.2, -0.15) is 0 Å². The molecule has 2 heterocycles. The van der Waals surface area contributed by atoms with Crippen molar-refractivity contribution in [3.63, 3.8) is 0 Å². The van der Waals surface area contributed by atoms with Crippen LogP contribution in [0.2, 0.25) is 0 Å². The van der Waals surface area contributed by atoms with E-state index in [0.717, 1.165) is 0 Å². The van der Waals surface area contributed by atoms with Crippen LogP contribution in [-0.4, -0.2) is 135 Å². The summed E-state index contributed by atoms with van der Waals surface area (Å²) in [6.45, 7) is -1.22. The van der Waals surface area contributed by atoms with E-state index < -0.39 is 98.9 Å². The van der Waals surface area contributed by atoms with E-state index in [1.54, 1.807) is 0 Å². The lowest BCUT2D eigenvalue weighted by Gasteiger charge is -2.47. The Morgan fingerprint density at radius 1 is 0.645 bits per heavy atom. The van der Waals surface area contributed by atoms with Crippen molar-refractivity contribution in [3.8, 4) is 0 Å². The molecule has 3 aliphatic rings. The first-order chi connectivity index (χ1) is 14.6. The van der Waals surface area contributed by atoms with Crippen molar-refractivity contribution in [2.24, 2.45) is 17.2 Å². The fraction of sp³-hybridized carbons (Fsp3) is 1.00. The zero-order chi connectivity index (χ0) is 23.0. The second-order valence-electron chi connectivity index (χ2n) is 8.25. The topological polar surface area (TPSA) is 257 Å². The van der Waals surface area contributed by atoms with Gasteiger partial charge < -0.3 is 71.9 Å². The quantitative estimate of drug-likeness (QED) is 0.179. The fourth-order valence-electron chi connectivity index (χ4n) is 4.14. The van der Waals surface area contributed by atoms with Crippen molar-refractivity contribution in [2.75, 3.05) is 13.2 Å². The highest BCUT2D eigenvalue weighted by Gasteiger charge is 2.52. The van der Waals surface area contributed by atoms with E-state index in [-0.39, 0.29) is 6.42 Å². The Balaban J connectivity index is 1.74. The molecule has 2 aliphatic heterocycles. The van der Waals surface area contributed by atoms with Gasteiger partial charge in [-0.05, 0) is 6.42 Å². The smallest absolute Gasteiger partial charge is 0.187 e. The van der Waals surface area contributed by atoms with Gasteiger partial charge in [-0.1, -0.05) is 0 Å². The predicted octanol–water partition coefficient (Wildman–Crippen LogP) is -6.62. The molecular formula is C17H33N3O11. The van der Waals surface area contributed by atoms with Gasteiger partial charge in [-0.25, -0.2) is 0 Å². The van der Waals surface area contributed by atoms with E-state index in [0.29, 0.717) is 0 Å². The van der Waals surface area contributed by atoms with Crippen molar-refractivity contribution in [1.82, 2.24) is 0 Å². The highest BCUT2D eigenvalue weighted by molar-refractivity contribution is 5.00. The maximum Gasteiger partial charge on any atom is 0.187 e. The molecule has 0 aromatic rings. The van der Waals surface area contributed by atoms with Crippen LogP contribution in [0, 0.1) is 0 Å². The van der Waals surface area contributed by atoms with Gasteiger partial charge in [0.2, 0.25) is 0 Å². The molecular weight excluding hydrogens is 422 g/mol. The molecule has 0 bridgehead atoms. The van der Waals surface area contributed by atoms with Crippen LogP contribution in [0.25, 0.3) is 0 Å². The van der Waals surface area contributed by atoms with Crippen molar-refractivity contribution >= 4 is 0 Å². The molecule has 1 aliphatic carbocycles. The third-order valence-electron chi connectivity index (χ3n) is 6.07. The minimum absolute atomic E-state index is 0.152. The summed E-state index contributed by atoms with van der Waals surface area (Å²) in [4.78, 5) is 0. The first-order valence-corrected chi connectivity index (χ1v) is 10.1. The maximum absolute atomic E-state index is 10.5. The predicted molar refractivity (Wildman–Crippen MR) is 99.8 cm³/mol. The number of aliphatic hydroxyl groups is 7. The van der Waals surface area contributed by atoms with Crippen LogP contribution in [0.1, 0.15) is 6.42 Å². The Morgan fingerprint density at radius 2 is 1.19 bits per heavy atom. The number of rotatable bonds is 6. The Morgan fingerprint density at radius 3 is 1.77 bits per heavy atom. The van der Waals surface area contributed by atoms with Gasteiger partial charge in [-0.15, -0.1) is 0 Å². The molecule has 14 nitrogen and oxygen atoms in total. The molecule has 0 amide bonds. The first kappa shape index (κ1) is 25.1. The number of hydrogen-bond donors (Lipinski definition) is 10. The van der Waals surface area contributed by atoms with Gasteiger partial charge in [0.1, 0.15) is 48.8 Å². The van der Waals surface area contributed by atoms with E-state index >= 15 is 0 Å². The monoisotopic (exact) mass is 455 g/mol. The standard InChI is InChI=1S/C17H33N3O11/c18-4-1-5(19)14(12(26)9(4)23)30-16-8(20)15(11(25)7(3-22)28-16)31-17-13(27)10(24)6(2-21)29-17/h4-17,21-27H,1-3,18-20H2/t4-,5?,6-,7?,8?,9?,10+,11+,12-,13?,14+,15-,16+,17+/m1/s1. The Bertz CT molecular complexity index is 592. The van der Waals surface area contributed by atoms with E-state index in [1.165, 1.54) is 0 Å². The summed E-state index contributed by atoms with van der Waals surface area (Å²) in [5.41, 5.74) is 17.9. The lowest BCUT2D eigenvalue weighted by Crippen LogP contribution is -2.68. The number of nitrogens with two attached hydrogens (primary N) is 3. The summed E-state index contributed by atoms with van der Waals surface area (Å²) in [7, 11) is 0. The number of hydrogen-bond acceptors (Lipinski definition) is 14. The summed E-state index contributed by atoms with van der Waals surface area (Å²) < 4.78 is 22.1. The molecule has 3 fully saturated rings. The minimum atomic E-state index is -1.53. The molecule has 31 heavy (non-hydrogen) atoms. The van der Waals surface area contributed by atoms with Crippen molar-refractivity contribution < 1.29 is 54.7 Å². The number of aliphatic hydroxyl groups excluding tert-OH is 7. The van der Waals surface area contributed by atoms with Gasteiger partial charge in [0.15, 0.2) is 12.6 Å². The second-order valence-corrected chi connectivity index (χ2v) is 8.25. The molecule has 1 saturated carbocycles. The zero-order valence-corrected chi connectivity index (χ0v) is 16.7. The van der Waals surface area contributed by atoms with Gasteiger partial charge in [0, 0.05) is 12.1 Å². The summed E-state index contributed by atoms with van der Waals surface area (Å²) in [5.74, 6) is 0. The molecule has 13 N–H and O–H groups in total. The SMILES string of the molecule is NC1[C@H](O[C@H]2C(N)C[C@@H](N)C(O)[C@H]2O)OC(CO)[C@H](O)[C@@H]1O[C@@H]1O[C@H](CO)[C@H](O)C1O. The second kappa shape index (κ2) is 10.1. The largest absolute Gasteiger partial charge is 0.394 e. The van der Waals surface area contributed by atoms with Crippen molar-refractivity contribution in [1.29, 1.82) is 0 Å². The molecule has 2 saturated heterocycles. The highest BCUT2D eigenvalue weighted by atomic mass is 16.7. The first-order valence-electron chi connectivity index (χ1n) is 10.1. The third-order valence-corrected chi connectivity index (χ3v) is 6.07.